The normalized spacial score (nSPS) is 32.7. The number of carbonyl (C=O) groups excluding carboxylic acids is 2. The van der Waals surface area contributed by atoms with Crippen LogP contribution in [0.4, 0.5) is 4.79 Å². The van der Waals surface area contributed by atoms with Crippen LogP contribution in [0.25, 0.3) is 0 Å². The van der Waals surface area contributed by atoms with Crippen molar-refractivity contribution in [2.75, 3.05) is 19.7 Å². The zero-order valence-electron chi connectivity index (χ0n) is 14.3. The van der Waals surface area contributed by atoms with Crippen LogP contribution < -0.4 is 0 Å². The molecule has 6 heteroatoms. The molecule has 0 N–H and O–H groups in total. The first-order chi connectivity index (χ1) is 12.1. The van der Waals surface area contributed by atoms with Crippen molar-refractivity contribution in [2.24, 2.45) is 11.3 Å². The lowest BCUT2D eigenvalue weighted by atomic mass is 9.68. The quantitative estimate of drug-likeness (QED) is 0.842. The molecule has 1 spiro atoms. The van der Waals surface area contributed by atoms with Crippen LogP contribution in [0.2, 0.25) is 0 Å². The lowest BCUT2D eigenvalue weighted by molar-refractivity contribution is -0.138. The van der Waals surface area contributed by atoms with Crippen LogP contribution in [0.3, 0.4) is 0 Å². The number of aromatic nitrogens is 1. The number of carbonyl (C=O) groups is 2. The van der Waals surface area contributed by atoms with Crippen LogP contribution in [0.5, 0.6) is 0 Å². The SMILES string of the molecule is O=C1CCN(Cc2ccncc2)C(=O)N1C[C@]12C[C@H]1COC21CCC1. The maximum absolute atomic E-state index is 13.0. The van der Waals surface area contributed by atoms with Gasteiger partial charge in [-0.3, -0.25) is 14.7 Å². The second-order valence-electron chi connectivity index (χ2n) is 8.01. The summed E-state index contributed by atoms with van der Waals surface area (Å²) in [4.78, 5) is 32.8. The van der Waals surface area contributed by atoms with E-state index in [2.05, 4.69) is 4.98 Å². The van der Waals surface area contributed by atoms with Gasteiger partial charge in [-0.05, 0) is 49.3 Å². The Hall–Kier alpha value is -1.95. The van der Waals surface area contributed by atoms with Gasteiger partial charge in [0.05, 0.1) is 12.2 Å². The Balaban J connectivity index is 1.34. The van der Waals surface area contributed by atoms with Crippen molar-refractivity contribution in [1.29, 1.82) is 0 Å². The molecule has 2 saturated heterocycles. The highest BCUT2D eigenvalue weighted by molar-refractivity contribution is 5.97. The lowest BCUT2D eigenvalue weighted by Gasteiger charge is -2.47. The molecule has 5 rings (SSSR count). The minimum atomic E-state index is -0.144. The van der Waals surface area contributed by atoms with E-state index in [0.29, 0.717) is 32.0 Å². The summed E-state index contributed by atoms with van der Waals surface area (Å²) < 4.78 is 6.11. The third-order valence-electron chi connectivity index (χ3n) is 6.82. The zero-order chi connectivity index (χ0) is 17.1. The van der Waals surface area contributed by atoms with Gasteiger partial charge in [-0.15, -0.1) is 0 Å². The van der Waals surface area contributed by atoms with Gasteiger partial charge in [0.2, 0.25) is 5.91 Å². The molecule has 3 amide bonds. The van der Waals surface area contributed by atoms with Crippen LogP contribution in [0.1, 0.15) is 37.7 Å². The average molecular weight is 341 g/mol. The number of hydrogen-bond donors (Lipinski definition) is 0. The molecule has 3 heterocycles. The Kier molecular flexibility index (Phi) is 3.23. The second-order valence-corrected chi connectivity index (χ2v) is 8.01. The van der Waals surface area contributed by atoms with Crippen molar-refractivity contribution in [3.63, 3.8) is 0 Å². The summed E-state index contributed by atoms with van der Waals surface area (Å²) in [6.07, 6.45) is 8.35. The summed E-state index contributed by atoms with van der Waals surface area (Å²) in [5.74, 6) is 0.501. The standard InChI is InChI=1S/C19H23N3O3/c23-16-4-9-21(11-14-2-7-20-8-3-14)17(24)22(16)13-18-10-15(18)12-25-19(18)5-1-6-19/h2-3,7-8,15H,1,4-6,9-13H2/t15-,18+/m0/s1. The van der Waals surface area contributed by atoms with Crippen LogP contribution in [0.15, 0.2) is 24.5 Å². The molecule has 25 heavy (non-hydrogen) atoms. The van der Waals surface area contributed by atoms with Gasteiger partial charge in [-0.25, -0.2) is 4.79 Å². The van der Waals surface area contributed by atoms with Gasteiger partial charge in [0.15, 0.2) is 0 Å². The second kappa shape index (κ2) is 5.27. The first-order valence-electron chi connectivity index (χ1n) is 9.26. The van der Waals surface area contributed by atoms with Gasteiger partial charge in [0.1, 0.15) is 0 Å². The Morgan fingerprint density at radius 2 is 2.04 bits per heavy atom. The predicted molar refractivity (Wildman–Crippen MR) is 89.4 cm³/mol. The fourth-order valence-corrected chi connectivity index (χ4v) is 5.07. The molecular formula is C19H23N3O3. The van der Waals surface area contributed by atoms with E-state index in [1.54, 1.807) is 17.3 Å². The van der Waals surface area contributed by atoms with Crippen molar-refractivity contribution < 1.29 is 14.3 Å². The maximum Gasteiger partial charge on any atom is 0.327 e. The van der Waals surface area contributed by atoms with Crippen LogP contribution in [-0.2, 0) is 16.1 Å². The third kappa shape index (κ3) is 2.16. The van der Waals surface area contributed by atoms with E-state index in [1.165, 1.54) is 11.3 Å². The number of nitrogens with zero attached hydrogens (tertiary/aromatic N) is 3. The molecule has 0 aromatic carbocycles. The van der Waals surface area contributed by atoms with Gasteiger partial charge in [0, 0.05) is 43.9 Å². The molecule has 1 aromatic heterocycles. The largest absolute Gasteiger partial charge is 0.374 e. The highest BCUT2D eigenvalue weighted by atomic mass is 16.5. The molecule has 2 atom stereocenters. The number of amides is 3. The van der Waals surface area contributed by atoms with E-state index in [9.17, 15) is 9.59 Å². The number of imide groups is 1. The fourth-order valence-electron chi connectivity index (χ4n) is 5.07. The summed E-state index contributed by atoms with van der Waals surface area (Å²) >= 11 is 0. The predicted octanol–water partition coefficient (Wildman–Crippen LogP) is 2.20. The summed E-state index contributed by atoms with van der Waals surface area (Å²) in [5.41, 5.74) is 1.03. The number of pyridine rings is 1. The fraction of sp³-hybridized carbons (Fsp3) is 0.632. The highest BCUT2D eigenvalue weighted by Gasteiger charge is 2.74. The van der Waals surface area contributed by atoms with Gasteiger partial charge in [-0.2, -0.15) is 0 Å². The van der Waals surface area contributed by atoms with E-state index >= 15 is 0 Å². The van der Waals surface area contributed by atoms with E-state index in [1.807, 2.05) is 12.1 Å². The van der Waals surface area contributed by atoms with Gasteiger partial charge >= 0.3 is 6.03 Å². The minimum Gasteiger partial charge on any atom is -0.374 e. The van der Waals surface area contributed by atoms with Crippen LogP contribution in [0, 0.1) is 11.3 Å². The van der Waals surface area contributed by atoms with E-state index in [0.717, 1.165) is 31.4 Å². The lowest BCUT2D eigenvalue weighted by Crippen LogP contribution is -2.57. The van der Waals surface area contributed by atoms with Crippen LogP contribution >= 0.6 is 0 Å². The molecule has 4 fully saturated rings. The number of rotatable bonds is 4. The first kappa shape index (κ1) is 15.3. The number of ether oxygens (including phenoxy) is 1. The highest BCUT2D eigenvalue weighted by Crippen LogP contribution is 2.71. The molecule has 0 unspecified atom stereocenters. The zero-order valence-corrected chi connectivity index (χ0v) is 14.3. The van der Waals surface area contributed by atoms with Crippen LogP contribution in [-0.4, -0.2) is 52.0 Å². The Morgan fingerprint density at radius 1 is 1.24 bits per heavy atom. The number of fused-ring (bicyclic) bond motifs is 2. The molecule has 0 radical (unpaired) electrons. The first-order valence-corrected chi connectivity index (χ1v) is 9.26. The Labute approximate surface area is 147 Å². The molecule has 2 aliphatic carbocycles. The summed E-state index contributed by atoms with van der Waals surface area (Å²) in [7, 11) is 0. The third-order valence-corrected chi connectivity index (χ3v) is 6.82. The molecule has 4 aliphatic rings. The van der Waals surface area contributed by atoms with Crippen molar-refractivity contribution in [1.82, 2.24) is 14.8 Å². The number of urea groups is 1. The van der Waals surface area contributed by atoms with Gasteiger partial charge in [-0.1, -0.05) is 0 Å². The van der Waals surface area contributed by atoms with Crippen molar-refractivity contribution in [2.45, 2.75) is 44.2 Å². The number of hydrogen-bond acceptors (Lipinski definition) is 4. The van der Waals surface area contributed by atoms with E-state index in [-0.39, 0.29) is 23.0 Å². The topological polar surface area (TPSA) is 62.7 Å². The van der Waals surface area contributed by atoms with Gasteiger partial charge in [0.25, 0.3) is 0 Å². The Morgan fingerprint density at radius 3 is 2.72 bits per heavy atom. The van der Waals surface area contributed by atoms with Crippen molar-refractivity contribution in [3.05, 3.63) is 30.1 Å². The molecule has 1 aromatic rings. The Bertz CT molecular complexity index is 718. The van der Waals surface area contributed by atoms with E-state index in [4.69, 9.17) is 4.74 Å². The van der Waals surface area contributed by atoms with E-state index < -0.39 is 0 Å². The summed E-state index contributed by atoms with van der Waals surface area (Å²) in [6.45, 7) is 2.37. The van der Waals surface area contributed by atoms with Crippen molar-refractivity contribution in [3.8, 4) is 0 Å². The molecule has 132 valence electrons. The molecule has 2 saturated carbocycles. The molecular weight excluding hydrogens is 318 g/mol. The summed E-state index contributed by atoms with van der Waals surface area (Å²) in [5, 5.41) is 0. The van der Waals surface area contributed by atoms with Crippen molar-refractivity contribution >= 4 is 11.9 Å². The molecule has 6 nitrogen and oxygen atoms in total. The monoisotopic (exact) mass is 341 g/mol. The van der Waals surface area contributed by atoms with Gasteiger partial charge < -0.3 is 9.64 Å². The summed E-state index contributed by atoms with van der Waals surface area (Å²) in [6, 6.07) is 3.68. The molecule has 0 bridgehead atoms. The maximum atomic E-state index is 13.0. The minimum absolute atomic E-state index is 0.0302. The molecule has 2 aliphatic heterocycles. The smallest absolute Gasteiger partial charge is 0.327 e. The average Bonchev–Trinajstić information content (AvgIpc) is 3.20.